The second kappa shape index (κ2) is 6.38. The molecule has 26 heavy (non-hydrogen) atoms. The third kappa shape index (κ3) is 2.88. The predicted octanol–water partition coefficient (Wildman–Crippen LogP) is 2.58. The summed E-state index contributed by atoms with van der Waals surface area (Å²) in [5.41, 5.74) is 8.02. The van der Waals surface area contributed by atoms with E-state index in [0.29, 0.717) is 23.5 Å². The van der Waals surface area contributed by atoms with Gasteiger partial charge < -0.3 is 10.3 Å². The van der Waals surface area contributed by atoms with Crippen LogP contribution < -0.4 is 5.73 Å². The summed E-state index contributed by atoms with van der Waals surface area (Å²) in [6, 6.07) is 9.76. The number of aromatic nitrogens is 1. The highest BCUT2D eigenvalue weighted by Gasteiger charge is 2.27. The van der Waals surface area contributed by atoms with Crippen molar-refractivity contribution >= 4 is 39.1 Å². The number of fused-ring (bicyclic) bond motifs is 3. The van der Waals surface area contributed by atoms with Crippen LogP contribution in [-0.2, 0) is 11.3 Å². The van der Waals surface area contributed by atoms with Gasteiger partial charge in [-0.1, -0.05) is 12.1 Å². The van der Waals surface area contributed by atoms with Gasteiger partial charge in [-0.25, -0.2) is 9.40 Å². The van der Waals surface area contributed by atoms with E-state index < -0.39 is 5.91 Å². The normalized spacial score (nSPS) is 14.3. The Hall–Kier alpha value is -3.00. The number of amides is 2. The Morgan fingerprint density at radius 3 is 2.77 bits per heavy atom. The number of hydrogen-bond acceptors (Lipinski definition) is 4. The minimum Gasteiger partial charge on any atom is -0.370 e. The maximum Gasteiger partial charge on any atom is 0.290 e. The summed E-state index contributed by atoms with van der Waals surface area (Å²) < 4.78 is 16.2. The third-order valence-electron chi connectivity index (χ3n) is 4.27. The van der Waals surface area contributed by atoms with Crippen molar-refractivity contribution in [1.29, 1.82) is 0 Å². The first-order valence-corrected chi connectivity index (χ1v) is 8.91. The molecule has 8 heteroatoms. The Morgan fingerprint density at radius 1 is 1.27 bits per heavy atom. The van der Waals surface area contributed by atoms with E-state index >= 15 is 0 Å². The predicted molar refractivity (Wildman–Crippen MR) is 97.6 cm³/mol. The first-order chi connectivity index (χ1) is 12.5. The molecule has 2 aromatic heterocycles. The van der Waals surface area contributed by atoms with Crippen LogP contribution in [0.25, 0.3) is 10.2 Å². The van der Waals surface area contributed by atoms with E-state index in [0.717, 1.165) is 10.2 Å². The van der Waals surface area contributed by atoms with Crippen molar-refractivity contribution in [3.8, 4) is 0 Å². The number of halogens is 1. The molecule has 0 aliphatic carbocycles. The number of hydrogen-bond donors (Lipinski definition) is 1. The summed E-state index contributed by atoms with van der Waals surface area (Å²) in [6.45, 7) is 0.470. The summed E-state index contributed by atoms with van der Waals surface area (Å²) in [5, 5.41) is 7.69. The lowest BCUT2D eigenvalue weighted by Gasteiger charge is -2.15. The van der Waals surface area contributed by atoms with Crippen molar-refractivity contribution in [2.45, 2.75) is 13.0 Å². The van der Waals surface area contributed by atoms with E-state index in [1.165, 1.54) is 17.1 Å². The molecule has 2 amide bonds. The molecule has 1 aliphatic rings. The van der Waals surface area contributed by atoms with Gasteiger partial charge in [-0.05, 0) is 35.2 Å². The first-order valence-electron chi connectivity index (χ1n) is 8.03. The molecule has 0 radical (unpaired) electrons. The molecule has 3 aromatic rings. The van der Waals surface area contributed by atoms with Crippen LogP contribution in [0.1, 0.15) is 22.5 Å². The lowest BCUT2D eigenvalue weighted by Crippen LogP contribution is -2.30. The maximum atomic E-state index is 13.3. The Bertz CT molecular complexity index is 1040. The smallest absolute Gasteiger partial charge is 0.290 e. The third-order valence-corrected chi connectivity index (χ3v) is 5.13. The van der Waals surface area contributed by atoms with Crippen molar-refractivity contribution in [2.24, 2.45) is 10.8 Å². The van der Waals surface area contributed by atoms with Gasteiger partial charge >= 0.3 is 0 Å². The summed E-state index contributed by atoms with van der Waals surface area (Å²) in [5.74, 6) is -1.13. The van der Waals surface area contributed by atoms with Crippen molar-refractivity contribution in [3.05, 3.63) is 58.9 Å². The number of nitrogens with two attached hydrogens (primary N) is 1. The number of nitrogens with zero attached hydrogens (tertiary/aromatic N) is 3. The monoisotopic (exact) mass is 370 g/mol. The molecule has 0 spiro atoms. The van der Waals surface area contributed by atoms with E-state index in [4.69, 9.17) is 5.73 Å². The van der Waals surface area contributed by atoms with Crippen LogP contribution in [0.2, 0.25) is 0 Å². The maximum absolute atomic E-state index is 13.3. The molecule has 132 valence electrons. The fraction of sp³-hybridized carbons (Fsp3) is 0.167. The molecule has 3 heterocycles. The summed E-state index contributed by atoms with van der Waals surface area (Å²) in [7, 11) is 0. The second-order valence-electron chi connectivity index (χ2n) is 5.98. The summed E-state index contributed by atoms with van der Waals surface area (Å²) >= 11 is 1.55. The molecular formula is C18H15FN4O2S. The Labute approximate surface area is 152 Å². The summed E-state index contributed by atoms with van der Waals surface area (Å²) in [6.07, 6.45) is 0.0149. The number of hydrazone groups is 1. The average molecular weight is 370 g/mol. The lowest BCUT2D eigenvalue weighted by atomic mass is 10.1. The Kier molecular flexibility index (Phi) is 4.04. The molecule has 0 fully saturated rings. The molecule has 4 rings (SSSR count). The molecule has 0 unspecified atom stereocenters. The van der Waals surface area contributed by atoms with Gasteiger partial charge in [0.25, 0.3) is 5.91 Å². The van der Waals surface area contributed by atoms with Gasteiger partial charge in [0.15, 0.2) is 0 Å². The van der Waals surface area contributed by atoms with Crippen LogP contribution in [0, 0.1) is 5.82 Å². The van der Waals surface area contributed by atoms with E-state index in [2.05, 4.69) is 5.10 Å². The molecule has 0 atom stereocenters. The zero-order valence-corrected chi connectivity index (χ0v) is 14.5. The molecule has 0 bridgehead atoms. The van der Waals surface area contributed by atoms with Gasteiger partial charge in [0.1, 0.15) is 11.5 Å². The van der Waals surface area contributed by atoms with Gasteiger partial charge in [-0.15, -0.1) is 11.3 Å². The van der Waals surface area contributed by atoms with Crippen LogP contribution in [0.15, 0.2) is 46.9 Å². The molecule has 1 aliphatic heterocycles. The molecular weight excluding hydrogens is 355 g/mol. The highest BCUT2D eigenvalue weighted by atomic mass is 32.1. The highest BCUT2D eigenvalue weighted by Crippen LogP contribution is 2.28. The second-order valence-corrected chi connectivity index (χ2v) is 6.93. The van der Waals surface area contributed by atoms with Crippen LogP contribution in [0.3, 0.4) is 0 Å². The lowest BCUT2D eigenvalue weighted by molar-refractivity contribution is -0.118. The van der Waals surface area contributed by atoms with E-state index in [1.807, 2.05) is 22.1 Å². The van der Waals surface area contributed by atoms with Crippen LogP contribution in [0.5, 0.6) is 0 Å². The van der Waals surface area contributed by atoms with Gasteiger partial charge in [0.2, 0.25) is 5.91 Å². The Morgan fingerprint density at radius 2 is 2.04 bits per heavy atom. The number of benzene rings is 1. The zero-order valence-electron chi connectivity index (χ0n) is 13.7. The molecule has 0 saturated carbocycles. The first kappa shape index (κ1) is 16.5. The highest BCUT2D eigenvalue weighted by molar-refractivity contribution is 7.17. The van der Waals surface area contributed by atoms with Crippen LogP contribution >= 0.6 is 11.3 Å². The Balaban J connectivity index is 1.82. The van der Waals surface area contributed by atoms with E-state index in [1.54, 1.807) is 23.5 Å². The number of carbonyl (C=O) groups excluding carboxylic acids is 2. The van der Waals surface area contributed by atoms with Crippen molar-refractivity contribution in [2.75, 3.05) is 6.54 Å². The topological polar surface area (TPSA) is 80.7 Å². The van der Waals surface area contributed by atoms with Gasteiger partial charge in [0, 0.05) is 6.42 Å². The largest absolute Gasteiger partial charge is 0.370 e. The standard InChI is InChI=1S/C18H15FN4O2S/c19-12-3-1-11(2-4-12)13-10-22-14-6-8-26-16(14)9-15(22)18(25)23(21-13)7-5-17(20)24/h1-4,6,8-9H,5,7,10H2,(H2,20,24). The molecule has 1 aromatic carbocycles. The number of thiophene rings is 1. The van der Waals surface area contributed by atoms with E-state index in [-0.39, 0.29) is 24.7 Å². The SMILES string of the molecule is NC(=O)CCN1N=C(c2ccc(F)cc2)Cn2c(cc3sccc32)C1=O. The fourth-order valence-corrected chi connectivity index (χ4v) is 3.81. The number of carbonyl (C=O) groups is 2. The molecule has 6 nitrogen and oxygen atoms in total. The van der Waals surface area contributed by atoms with E-state index in [9.17, 15) is 14.0 Å². The van der Waals surface area contributed by atoms with Gasteiger partial charge in [0.05, 0.1) is 29.0 Å². The van der Waals surface area contributed by atoms with Crippen LogP contribution in [-0.4, -0.2) is 33.6 Å². The minimum atomic E-state index is -0.503. The minimum absolute atomic E-state index is 0.0149. The van der Waals surface area contributed by atoms with Crippen molar-refractivity contribution < 1.29 is 14.0 Å². The quantitative estimate of drug-likeness (QED) is 0.766. The van der Waals surface area contributed by atoms with Crippen molar-refractivity contribution in [3.63, 3.8) is 0 Å². The number of primary amides is 1. The van der Waals surface area contributed by atoms with Gasteiger partial charge in [-0.2, -0.15) is 5.10 Å². The average Bonchev–Trinajstić information content (AvgIpc) is 3.16. The van der Waals surface area contributed by atoms with Crippen molar-refractivity contribution in [1.82, 2.24) is 9.58 Å². The fourth-order valence-electron chi connectivity index (χ4n) is 2.99. The zero-order chi connectivity index (χ0) is 18.3. The van der Waals surface area contributed by atoms with Gasteiger partial charge in [-0.3, -0.25) is 9.59 Å². The number of rotatable bonds is 4. The molecule has 2 N–H and O–H groups in total. The van der Waals surface area contributed by atoms with Crippen LogP contribution in [0.4, 0.5) is 4.39 Å². The summed E-state index contributed by atoms with van der Waals surface area (Å²) in [4.78, 5) is 24.1. The molecule has 0 saturated heterocycles.